The summed E-state index contributed by atoms with van der Waals surface area (Å²) >= 11 is 2.71. The summed E-state index contributed by atoms with van der Waals surface area (Å²) in [5.74, 6) is -1.89. The smallest absolute Gasteiger partial charge is 0.234 e. The summed E-state index contributed by atoms with van der Waals surface area (Å²) in [6.07, 6.45) is 0. The van der Waals surface area contributed by atoms with E-state index in [9.17, 15) is 13.6 Å². The standard InChI is InChI=1S/C16H10F2N4OS2/c17-9-5-6-11(10(18)7-9)19-14(23)8-24-15-20-21-16-22(15)12-3-1-2-4-13(12)25-16/h1-7H,8H2,(H,19,23). The average molecular weight is 376 g/mol. The van der Waals surface area contributed by atoms with Crippen LogP contribution in [0.3, 0.4) is 0 Å². The molecule has 5 nitrogen and oxygen atoms in total. The largest absolute Gasteiger partial charge is 0.323 e. The van der Waals surface area contributed by atoms with Crippen molar-refractivity contribution in [3.05, 3.63) is 54.1 Å². The number of carbonyl (C=O) groups is 1. The van der Waals surface area contributed by atoms with Crippen molar-refractivity contribution in [2.45, 2.75) is 5.16 Å². The van der Waals surface area contributed by atoms with Crippen molar-refractivity contribution >= 4 is 49.9 Å². The van der Waals surface area contributed by atoms with Crippen LogP contribution in [0.15, 0.2) is 47.6 Å². The molecule has 1 N–H and O–H groups in total. The molecule has 0 fully saturated rings. The molecule has 0 aliphatic rings. The Hall–Kier alpha value is -2.52. The van der Waals surface area contributed by atoms with Crippen LogP contribution in [0.1, 0.15) is 0 Å². The van der Waals surface area contributed by atoms with E-state index in [2.05, 4.69) is 15.5 Å². The van der Waals surface area contributed by atoms with Gasteiger partial charge in [-0.1, -0.05) is 35.2 Å². The molecule has 0 saturated carbocycles. The van der Waals surface area contributed by atoms with Crippen molar-refractivity contribution in [2.75, 3.05) is 11.1 Å². The molecule has 4 rings (SSSR count). The number of halogens is 2. The zero-order valence-electron chi connectivity index (χ0n) is 12.6. The summed E-state index contributed by atoms with van der Waals surface area (Å²) in [6, 6.07) is 10.8. The third-order valence-corrected chi connectivity index (χ3v) is 5.39. The Morgan fingerprint density at radius 1 is 1.20 bits per heavy atom. The fourth-order valence-electron chi connectivity index (χ4n) is 2.36. The van der Waals surface area contributed by atoms with E-state index in [1.165, 1.54) is 29.2 Å². The minimum absolute atomic E-state index is 0.0295. The molecule has 0 aliphatic heterocycles. The number of thioether (sulfide) groups is 1. The molecule has 1 amide bonds. The Labute approximate surface area is 148 Å². The van der Waals surface area contributed by atoms with Gasteiger partial charge in [-0.3, -0.25) is 9.20 Å². The molecule has 2 aromatic heterocycles. The van der Waals surface area contributed by atoms with Gasteiger partial charge < -0.3 is 5.32 Å². The third-order valence-electron chi connectivity index (χ3n) is 3.45. The molecular weight excluding hydrogens is 366 g/mol. The van der Waals surface area contributed by atoms with Crippen LogP contribution >= 0.6 is 23.1 Å². The van der Waals surface area contributed by atoms with Crippen LogP contribution in [0.4, 0.5) is 14.5 Å². The maximum Gasteiger partial charge on any atom is 0.234 e. The second kappa shape index (κ2) is 6.41. The normalized spacial score (nSPS) is 11.3. The Kier molecular flexibility index (Phi) is 4.10. The Morgan fingerprint density at radius 3 is 2.88 bits per heavy atom. The van der Waals surface area contributed by atoms with Gasteiger partial charge in [0.15, 0.2) is 5.16 Å². The van der Waals surface area contributed by atoms with E-state index in [-0.39, 0.29) is 11.4 Å². The first-order valence-electron chi connectivity index (χ1n) is 7.22. The van der Waals surface area contributed by atoms with E-state index in [4.69, 9.17) is 0 Å². The van der Waals surface area contributed by atoms with Gasteiger partial charge in [0.25, 0.3) is 0 Å². The average Bonchev–Trinajstić information content (AvgIpc) is 3.15. The quantitative estimate of drug-likeness (QED) is 0.548. The molecule has 25 heavy (non-hydrogen) atoms. The number of amides is 1. The molecule has 0 unspecified atom stereocenters. The number of carbonyl (C=O) groups excluding carboxylic acids is 1. The summed E-state index contributed by atoms with van der Waals surface area (Å²) in [5, 5.41) is 11.2. The molecule has 2 aromatic carbocycles. The SMILES string of the molecule is O=C(CSc1nnc2sc3ccccc3n12)Nc1ccc(F)cc1F. The van der Waals surface area contributed by atoms with Crippen molar-refractivity contribution in [1.82, 2.24) is 14.6 Å². The third kappa shape index (κ3) is 3.08. The first kappa shape index (κ1) is 16.0. The van der Waals surface area contributed by atoms with Crippen LogP contribution in [0.2, 0.25) is 0 Å². The van der Waals surface area contributed by atoms with E-state index in [0.29, 0.717) is 5.16 Å². The van der Waals surface area contributed by atoms with E-state index >= 15 is 0 Å². The summed E-state index contributed by atoms with van der Waals surface area (Å²) in [7, 11) is 0. The number of rotatable bonds is 4. The van der Waals surface area contributed by atoms with Crippen molar-refractivity contribution in [3.8, 4) is 0 Å². The first-order chi connectivity index (χ1) is 12.1. The number of hydrogen-bond donors (Lipinski definition) is 1. The topological polar surface area (TPSA) is 59.3 Å². The number of nitrogens with zero attached hydrogens (tertiary/aromatic N) is 3. The van der Waals surface area contributed by atoms with Crippen LogP contribution in [-0.4, -0.2) is 26.3 Å². The first-order valence-corrected chi connectivity index (χ1v) is 9.02. The van der Waals surface area contributed by atoms with Crippen molar-refractivity contribution < 1.29 is 13.6 Å². The number of fused-ring (bicyclic) bond motifs is 3. The molecule has 0 aliphatic carbocycles. The highest BCUT2D eigenvalue weighted by atomic mass is 32.2. The Bertz CT molecular complexity index is 1090. The lowest BCUT2D eigenvalue weighted by Crippen LogP contribution is -2.15. The van der Waals surface area contributed by atoms with Gasteiger partial charge in [0.1, 0.15) is 11.6 Å². The van der Waals surface area contributed by atoms with Gasteiger partial charge >= 0.3 is 0 Å². The van der Waals surface area contributed by atoms with E-state index in [0.717, 1.165) is 27.3 Å². The van der Waals surface area contributed by atoms with E-state index < -0.39 is 17.5 Å². The zero-order valence-corrected chi connectivity index (χ0v) is 14.2. The lowest BCUT2D eigenvalue weighted by molar-refractivity contribution is -0.113. The predicted molar refractivity (Wildman–Crippen MR) is 94.1 cm³/mol. The van der Waals surface area contributed by atoms with Crippen molar-refractivity contribution in [3.63, 3.8) is 0 Å². The molecule has 0 atom stereocenters. The van der Waals surface area contributed by atoms with Gasteiger partial charge in [-0.25, -0.2) is 8.78 Å². The maximum absolute atomic E-state index is 13.6. The minimum atomic E-state index is -0.813. The fraction of sp³-hybridized carbons (Fsp3) is 0.0625. The fourth-order valence-corrected chi connectivity index (χ4v) is 4.12. The second-order valence-corrected chi connectivity index (χ2v) is 7.08. The van der Waals surface area contributed by atoms with Crippen LogP contribution < -0.4 is 5.32 Å². The van der Waals surface area contributed by atoms with Gasteiger partial charge in [-0.15, -0.1) is 10.2 Å². The number of thiazole rings is 1. The molecular formula is C16H10F2N4OS2. The highest BCUT2D eigenvalue weighted by molar-refractivity contribution is 7.99. The lowest BCUT2D eigenvalue weighted by atomic mass is 10.3. The summed E-state index contributed by atoms with van der Waals surface area (Å²) < 4.78 is 29.4. The summed E-state index contributed by atoms with van der Waals surface area (Å²) in [4.78, 5) is 12.8. The molecule has 0 radical (unpaired) electrons. The Balaban J connectivity index is 1.51. The van der Waals surface area contributed by atoms with Crippen molar-refractivity contribution in [1.29, 1.82) is 0 Å². The monoisotopic (exact) mass is 376 g/mol. The van der Waals surface area contributed by atoms with Crippen LogP contribution in [0.25, 0.3) is 15.2 Å². The number of benzene rings is 2. The molecule has 9 heteroatoms. The predicted octanol–water partition coefficient (Wildman–Crippen LogP) is 3.95. The minimum Gasteiger partial charge on any atom is -0.323 e. The van der Waals surface area contributed by atoms with Gasteiger partial charge in [0.05, 0.1) is 21.7 Å². The van der Waals surface area contributed by atoms with Crippen LogP contribution in [0.5, 0.6) is 0 Å². The number of aromatic nitrogens is 3. The van der Waals surface area contributed by atoms with E-state index in [1.54, 1.807) is 0 Å². The molecule has 0 saturated heterocycles. The van der Waals surface area contributed by atoms with Crippen molar-refractivity contribution in [2.24, 2.45) is 0 Å². The van der Waals surface area contributed by atoms with Gasteiger partial charge in [0.2, 0.25) is 10.9 Å². The van der Waals surface area contributed by atoms with E-state index in [1.807, 2.05) is 28.7 Å². The second-order valence-electron chi connectivity index (χ2n) is 5.13. The molecule has 126 valence electrons. The van der Waals surface area contributed by atoms with Gasteiger partial charge in [-0.05, 0) is 24.3 Å². The number of nitrogens with one attached hydrogen (secondary N) is 1. The maximum atomic E-state index is 13.6. The van der Waals surface area contributed by atoms with Gasteiger partial charge in [-0.2, -0.15) is 0 Å². The molecule has 4 aromatic rings. The molecule has 0 bridgehead atoms. The number of hydrogen-bond acceptors (Lipinski definition) is 5. The molecule has 0 spiro atoms. The summed E-state index contributed by atoms with van der Waals surface area (Å²) in [5.41, 5.74) is 0.916. The highest BCUT2D eigenvalue weighted by Gasteiger charge is 2.14. The number of para-hydroxylation sites is 1. The van der Waals surface area contributed by atoms with Gasteiger partial charge in [0, 0.05) is 6.07 Å². The summed E-state index contributed by atoms with van der Waals surface area (Å²) in [6.45, 7) is 0. The lowest BCUT2D eigenvalue weighted by Gasteiger charge is -2.05. The number of anilines is 1. The zero-order chi connectivity index (χ0) is 17.4. The highest BCUT2D eigenvalue weighted by Crippen LogP contribution is 2.29. The van der Waals surface area contributed by atoms with Crippen LogP contribution in [0, 0.1) is 11.6 Å². The van der Waals surface area contributed by atoms with Crippen LogP contribution in [-0.2, 0) is 4.79 Å². The molecule has 2 heterocycles. The Morgan fingerprint density at radius 2 is 2.04 bits per heavy atom.